The fourth-order valence-electron chi connectivity index (χ4n) is 1.62. The van der Waals surface area contributed by atoms with E-state index in [1.54, 1.807) is 13.2 Å². The van der Waals surface area contributed by atoms with Crippen molar-refractivity contribution in [2.24, 2.45) is 0 Å². The molecule has 0 spiro atoms. The normalized spacial score (nSPS) is 21.3. The molecule has 2 heterocycles. The Morgan fingerprint density at radius 2 is 2.47 bits per heavy atom. The number of halogens is 1. The second-order valence-electron chi connectivity index (χ2n) is 3.31. The summed E-state index contributed by atoms with van der Waals surface area (Å²) >= 11 is 5.79. The van der Waals surface area contributed by atoms with E-state index in [1.165, 1.54) is 0 Å². The number of nitrogens with zero attached hydrogens (tertiary/aromatic N) is 1. The number of morpholine rings is 1. The summed E-state index contributed by atoms with van der Waals surface area (Å²) in [6.07, 6.45) is 0. The molecule has 0 radical (unpaired) electrons. The van der Waals surface area contributed by atoms with Crippen LogP contribution in [0.1, 0.15) is 11.6 Å². The van der Waals surface area contributed by atoms with Gasteiger partial charge >= 0.3 is 0 Å². The van der Waals surface area contributed by atoms with E-state index in [4.69, 9.17) is 21.1 Å². The molecule has 0 amide bonds. The van der Waals surface area contributed by atoms with Gasteiger partial charge in [0.25, 0.3) is 0 Å². The average molecular weight is 229 g/mol. The number of hydrogen-bond acceptors (Lipinski definition) is 4. The van der Waals surface area contributed by atoms with Crippen molar-refractivity contribution < 1.29 is 9.47 Å². The van der Waals surface area contributed by atoms with Gasteiger partial charge in [-0.05, 0) is 12.1 Å². The third-order valence-corrected chi connectivity index (χ3v) is 2.56. The molecule has 1 aromatic rings. The first kappa shape index (κ1) is 10.7. The van der Waals surface area contributed by atoms with E-state index in [2.05, 4.69) is 10.3 Å². The molecule has 1 aliphatic heterocycles. The molecule has 1 aromatic heterocycles. The lowest BCUT2D eigenvalue weighted by Gasteiger charge is -2.24. The van der Waals surface area contributed by atoms with E-state index in [1.807, 2.05) is 6.07 Å². The standard InChI is InChI=1S/C10H13ClN2O2/c1-14-10-7(2-3-9(11)13-10)8-6-15-5-4-12-8/h2-3,8,12H,4-6H2,1H3. The minimum atomic E-state index is 0.137. The molecular weight excluding hydrogens is 216 g/mol. The molecule has 0 saturated carbocycles. The smallest absolute Gasteiger partial charge is 0.219 e. The average Bonchev–Trinajstić information content (AvgIpc) is 2.30. The van der Waals surface area contributed by atoms with Crippen LogP contribution >= 0.6 is 11.6 Å². The van der Waals surface area contributed by atoms with Crippen molar-refractivity contribution in [1.82, 2.24) is 10.3 Å². The van der Waals surface area contributed by atoms with Crippen LogP contribution in [0.25, 0.3) is 0 Å². The van der Waals surface area contributed by atoms with E-state index >= 15 is 0 Å². The SMILES string of the molecule is COc1nc(Cl)ccc1C1COCCN1. The van der Waals surface area contributed by atoms with Crippen LogP contribution in [-0.2, 0) is 4.74 Å². The van der Waals surface area contributed by atoms with Gasteiger partial charge in [-0.2, -0.15) is 0 Å². The first-order valence-electron chi connectivity index (χ1n) is 4.83. The molecule has 5 heteroatoms. The lowest BCUT2D eigenvalue weighted by molar-refractivity contribution is 0.0758. The third-order valence-electron chi connectivity index (χ3n) is 2.35. The Morgan fingerprint density at radius 3 is 3.13 bits per heavy atom. The van der Waals surface area contributed by atoms with Crippen LogP contribution in [-0.4, -0.2) is 31.9 Å². The van der Waals surface area contributed by atoms with Crippen LogP contribution in [0.15, 0.2) is 12.1 Å². The zero-order valence-electron chi connectivity index (χ0n) is 8.50. The fourth-order valence-corrected chi connectivity index (χ4v) is 1.76. The van der Waals surface area contributed by atoms with Gasteiger partial charge in [0.2, 0.25) is 5.88 Å². The third kappa shape index (κ3) is 2.40. The molecule has 0 aromatic carbocycles. The molecule has 1 atom stereocenters. The zero-order chi connectivity index (χ0) is 10.7. The predicted molar refractivity (Wildman–Crippen MR) is 57.4 cm³/mol. The maximum absolute atomic E-state index is 5.79. The van der Waals surface area contributed by atoms with E-state index in [9.17, 15) is 0 Å². The molecule has 15 heavy (non-hydrogen) atoms. The van der Waals surface area contributed by atoms with Gasteiger partial charge in [0, 0.05) is 12.1 Å². The summed E-state index contributed by atoms with van der Waals surface area (Å²) in [5.41, 5.74) is 0.988. The summed E-state index contributed by atoms with van der Waals surface area (Å²) in [5.74, 6) is 0.561. The first-order valence-corrected chi connectivity index (χ1v) is 5.20. The highest BCUT2D eigenvalue weighted by atomic mass is 35.5. The van der Waals surface area contributed by atoms with Crippen molar-refractivity contribution in [3.63, 3.8) is 0 Å². The topological polar surface area (TPSA) is 43.4 Å². The minimum Gasteiger partial charge on any atom is -0.481 e. The summed E-state index contributed by atoms with van der Waals surface area (Å²) in [7, 11) is 1.59. The lowest BCUT2D eigenvalue weighted by atomic mass is 10.1. The van der Waals surface area contributed by atoms with Crippen molar-refractivity contribution in [3.05, 3.63) is 22.8 Å². The summed E-state index contributed by atoms with van der Waals surface area (Å²) in [4.78, 5) is 4.11. The van der Waals surface area contributed by atoms with Crippen molar-refractivity contribution in [1.29, 1.82) is 0 Å². The zero-order valence-corrected chi connectivity index (χ0v) is 9.25. The Kier molecular flexibility index (Phi) is 3.41. The number of methoxy groups -OCH3 is 1. The maximum atomic E-state index is 5.79. The summed E-state index contributed by atoms with van der Waals surface area (Å²) in [6.45, 7) is 2.23. The van der Waals surface area contributed by atoms with Crippen LogP contribution in [0.2, 0.25) is 5.15 Å². The second kappa shape index (κ2) is 4.79. The van der Waals surface area contributed by atoms with Gasteiger partial charge < -0.3 is 14.8 Å². The first-order chi connectivity index (χ1) is 7.31. The maximum Gasteiger partial charge on any atom is 0.219 e. The molecule has 0 aliphatic carbocycles. The largest absolute Gasteiger partial charge is 0.481 e. The van der Waals surface area contributed by atoms with Crippen LogP contribution in [0, 0.1) is 0 Å². The Labute approximate surface area is 93.6 Å². The van der Waals surface area contributed by atoms with Crippen molar-refractivity contribution in [2.45, 2.75) is 6.04 Å². The molecule has 4 nitrogen and oxygen atoms in total. The van der Waals surface area contributed by atoms with Gasteiger partial charge in [-0.25, -0.2) is 4.98 Å². The van der Waals surface area contributed by atoms with Crippen molar-refractivity contribution >= 4 is 11.6 Å². The fraction of sp³-hybridized carbons (Fsp3) is 0.500. The van der Waals surface area contributed by atoms with Gasteiger partial charge in [-0.3, -0.25) is 0 Å². The van der Waals surface area contributed by atoms with E-state index in [0.29, 0.717) is 17.6 Å². The summed E-state index contributed by atoms with van der Waals surface area (Å²) in [5, 5.41) is 3.78. The van der Waals surface area contributed by atoms with Crippen LogP contribution < -0.4 is 10.1 Å². The van der Waals surface area contributed by atoms with E-state index in [0.717, 1.165) is 18.7 Å². The van der Waals surface area contributed by atoms with Crippen LogP contribution in [0.3, 0.4) is 0 Å². The number of hydrogen-bond donors (Lipinski definition) is 1. The van der Waals surface area contributed by atoms with E-state index < -0.39 is 0 Å². The number of ether oxygens (including phenoxy) is 2. The Morgan fingerprint density at radius 1 is 1.60 bits per heavy atom. The van der Waals surface area contributed by atoms with Crippen LogP contribution in [0.5, 0.6) is 5.88 Å². The molecular formula is C10H13ClN2O2. The van der Waals surface area contributed by atoms with E-state index in [-0.39, 0.29) is 6.04 Å². The summed E-state index contributed by atoms with van der Waals surface area (Å²) < 4.78 is 10.6. The highest BCUT2D eigenvalue weighted by Crippen LogP contribution is 2.26. The number of aromatic nitrogens is 1. The number of nitrogens with one attached hydrogen (secondary N) is 1. The number of pyridine rings is 1. The molecule has 82 valence electrons. The van der Waals surface area contributed by atoms with Gasteiger partial charge in [-0.1, -0.05) is 11.6 Å². The molecule has 1 saturated heterocycles. The molecule has 1 unspecified atom stereocenters. The Balaban J connectivity index is 2.25. The second-order valence-corrected chi connectivity index (χ2v) is 3.70. The lowest BCUT2D eigenvalue weighted by Crippen LogP contribution is -2.34. The Hall–Kier alpha value is -0.840. The quantitative estimate of drug-likeness (QED) is 0.778. The molecule has 2 rings (SSSR count). The molecule has 1 fully saturated rings. The van der Waals surface area contributed by atoms with Gasteiger partial charge in [0.05, 0.1) is 26.4 Å². The number of rotatable bonds is 2. The molecule has 0 bridgehead atoms. The van der Waals surface area contributed by atoms with Gasteiger partial charge in [0.15, 0.2) is 0 Å². The van der Waals surface area contributed by atoms with Crippen molar-refractivity contribution in [3.8, 4) is 5.88 Å². The van der Waals surface area contributed by atoms with Gasteiger partial charge in [0.1, 0.15) is 5.15 Å². The minimum absolute atomic E-state index is 0.137. The highest BCUT2D eigenvalue weighted by Gasteiger charge is 2.19. The molecule has 1 N–H and O–H groups in total. The Bertz CT molecular complexity index is 340. The summed E-state index contributed by atoms with van der Waals surface area (Å²) in [6, 6.07) is 3.81. The van der Waals surface area contributed by atoms with Gasteiger partial charge in [-0.15, -0.1) is 0 Å². The van der Waals surface area contributed by atoms with Crippen LogP contribution in [0.4, 0.5) is 0 Å². The molecule has 1 aliphatic rings. The highest BCUT2D eigenvalue weighted by molar-refractivity contribution is 6.29. The monoisotopic (exact) mass is 228 g/mol. The predicted octanol–water partition coefficient (Wildman–Crippen LogP) is 1.40. The van der Waals surface area contributed by atoms with Crippen molar-refractivity contribution in [2.75, 3.05) is 26.9 Å².